The number of aliphatic carboxylic acids is 1. The number of aryl methyl sites for hydroxylation is 1. The van der Waals surface area contributed by atoms with Gasteiger partial charge in [0, 0.05) is 5.38 Å². The summed E-state index contributed by atoms with van der Waals surface area (Å²) in [6.07, 6.45) is 0.998. The number of nitrogens with zero attached hydrogens (tertiary/aromatic N) is 2. The average Bonchev–Trinajstić information content (AvgIpc) is 3.07. The molecular weight excluding hydrogens is 308 g/mol. The molecule has 3 aromatic rings. The molecule has 2 heterocycles. The van der Waals surface area contributed by atoms with Gasteiger partial charge in [0.25, 0.3) is 0 Å². The zero-order valence-electron chi connectivity index (χ0n) is 13.5. The average molecular weight is 328 g/mol. The van der Waals surface area contributed by atoms with Crippen LogP contribution in [0.2, 0.25) is 0 Å². The van der Waals surface area contributed by atoms with Crippen molar-refractivity contribution in [2.75, 3.05) is 0 Å². The molecule has 2 aromatic heterocycles. The summed E-state index contributed by atoms with van der Waals surface area (Å²) in [4.78, 5) is 16.8. The van der Waals surface area contributed by atoms with Gasteiger partial charge < -0.3 is 5.11 Å². The van der Waals surface area contributed by atoms with E-state index in [1.54, 1.807) is 11.3 Å². The van der Waals surface area contributed by atoms with E-state index < -0.39 is 5.97 Å². The van der Waals surface area contributed by atoms with Crippen molar-refractivity contribution in [3.8, 4) is 11.3 Å². The van der Waals surface area contributed by atoms with Gasteiger partial charge in [-0.25, -0.2) is 4.98 Å². The predicted octanol–water partition coefficient (Wildman–Crippen LogP) is 4.38. The summed E-state index contributed by atoms with van der Waals surface area (Å²) in [5, 5.41) is 11.3. The SMILES string of the molecule is CCc1ccc(-c2csc3nc(C(C)C)c(CC(=O)O)n23)cc1. The monoisotopic (exact) mass is 328 g/mol. The number of aromatic nitrogens is 2. The Morgan fingerprint density at radius 2 is 2.00 bits per heavy atom. The Morgan fingerprint density at radius 3 is 2.57 bits per heavy atom. The number of hydrogen-bond acceptors (Lipinski definition) is 3. The first-order chi connectivity index (χ1) is 11.0. The molecule has 0 aliphatic carbocycles. The molecule has 0 amide bonds. The van der Waals surface area contributed by atoms with Crippen LogP contribution in [-0.2, 0) is 17.6 Å². The van der Waals surface area contributed by atoms with Crippen molar-refractivity contribution in [1.82, 2.24) is 9.38 Å². The number of hydrogen-bond donors (Lipinski definition) is 1. The molecule has 0 saturated carbocycles. The van der Waals surface area contributed by atoms with Crippen molar-refractivity contribution < 1.29 is 9.90 Å². The van der Waals surface area contributed by atoms with E-state index in [4.69, 9.17) is 0 Å². The Hall–Kier alpha value is -2.14. The van der Waals surface area contributed by atoms with E-state index in [9.17, 15) is 9.90 Å². The minimum Gasteiger partial charge on any atom is -0.481 e. The Labute approximate surface area is 139 Å². The number of thiazole rings is 1. The number of benzene rings is 1. The van der Waals surface area contributed by atoms with Crippen LogP contribution in [0.5, 0.6) is 0 Å². The fraction of sp³-hybridized carbons (Fsp3) is 0.333. The topological polar surface area (TPSA) is 54.6 Å². The zero-order valence-corrected chi connectivity index (χ0v) is 14.4. The lowest BCUT2D eigenvalue weighted by Crippen LogP contribution is -2.07. The number of rotatable bonds is 5. The molecule has 3 rings (SSSR count). The van der Waals surface area contributed by atoms with E-state index in [0.29, 0.717) is 0 Å². The first-order valence-electron chi connectivity index (χ1n) is 7.81. The molecule has 0 spiro atoms. The van der Waals surface area contributed by atoms with Crippen molar-refractivity contribution in [2.24, 2.45) is 0 Å². The predicted molar refractivity (Wildman–Crippen MR) is 93.3 cm³/mol. The molecule has 0 unspecified atom stereocenters. The molecule has 0 aliphatic rings. The third-order valence-corrected chi connectivity index (χ3v) is 4.84. The second-order valence-corrected chi connectivity index (χ2v) is 6.79. The standard InChI is InChI=1S/C18H20N2O2S/c1-4-12-5-7-13(8-6-12)15-10-23-18-19-17(11(2)3)14(20(15)18)9-16(21)22/h5-8,10-11H,4,9H2,1-3H3,(H,21,22). The molecule has 4 nitrogen and oxygen atoms in total. The van der Waals surface area contributed by atoms with Gasteiger partial charge in [-0.3, -0.25) is 9.20 Å². The number of imidazole rings is 1. The number of carboxylic acids is 1. The van der Waals surface area contributed by atoms with Crippen LogP contribution in [0.3, 0.4) is 0 Å². The van der Waals surface area contributed by atoms with Gasteiger partial charge >= 0.3 is 5.97 Å². The quantitative estimate of drug-likeness (QED) is 0.756. The molecule has 1 aromatic carbocycles. The summed E-state index contributed by atoms with van der Waals surface area (Å²) >= 11 is 1.56. The lowest BCUT2D eigenvalue weighted by atomic mass is 10.1. The van der Waals surface area contributed by atoms with Crippen LogP contribution in [0.4, 0.5) is 0 Å². The zero-order chi connectivity index (χ0) is 16.6. The van der Waals surface area contributed by atoms with Gasteiger partial charge in [-0.15, -0.1) is 11.3 Å². The Bertz CT molecular complexity index is 844. The molecule has 120 valence electrons. The minimum absolute atomic E-state index is 0.00848. The third-order valence-electron chi connectivity index (χ3n) is 4.01. The van der Waals surface area contributed by atoms with Gasteiger partial charge in [0.1, 0.15) is 0 Å². The van der Waals surface area contributed by atoms with Gasteiger partial charge in [0.2, 0.25) is 0 Å². The van der Waals surface area contributed by atoms with Gasteiger partial charge in [0.05, 0.1) is 23.5 Å². The molecule has 0 aliphatic heterocycles. The molecule has 0 radical (unpaired) electrons. The fourth-order valence-corrected chi connectivity index (χ4v) is 3.74. The van der Waals surface area contributed by atoms with Gasteiger partial charge in [-0.1, -0.05) is 45.0 Å². The van der Waals surface area contributed by atoms with E-state index in [1.165, 1.54) is 5.56 Å². The number of carbonyl (C=O) groups is 1. The van der Waals surface area contributed by atoms with Crippen LogP contribution >= 0.6 is 11.3 Å². The van der Waals surface area contributed by atoms with Crippen molar-refractivity contribution in [1.29, 1.82) is 0 Å². The first kappa shape index (κ1) is 15.7. The molecular formula is C18H20N2O2S. The molecule has 0 atom stereocenters. The molecule has 0 fully saturated rings. The van der Waals surface area contributed by atoms with Crippen molar-refractivity contribution in [3.05, 3.63) is 46.6 Å². The van der Waals surface area contributed by atoms with Crippen molar-refractivity contribution >= 4 is 22.3 Å². The normalized spacial score (nSPS) is 11.5. The smallest absolute Gasteiger partial charge is 0.309 e. The summed E-state index contributed by atoms with van der Waals surface area (Å²) in [6, 6.07) is 8.44. The summed E-state index contributed by atoms with van der Waals surface area (Å²) in [7, 11) is 0. The van der Waals surface area contributed by atoms with E-state index in [0.717, 1.165) is 34.0 Å². The first-order valence-corrected chi connectivity index (χ1v) is 8.69. The highest BCUT2D eigenvalue weighted by Gasteiger charge is 2.21. The highest BCUT2D eigenvalue weighted by Crippen LogP contribution is 2.31. The van der Waals surface area contributed by atoms with Gasteiger partial charge in [0.15, 0.2) is 4.96 Å². The van der Waals surface area contributed by atoms with Crippen LogP contribution in [0, 0.1) is 0 Å². The number of carboxylic acid groups (broad SMARTS) is 1. The lowest BCUT2D eigenvalue weighted by Gasteiger charge is -2.08. The lowest BCUT2D eigenvalue weighted by molar-refractivity contribution is -0.136. The van der Waals surface area contributed by atoms with Crippen molar-refractivity contribution in [2.45, 2.75) is 39.5 Å². The molecule has 0 bridgehead atoms. The fourth-order valence-electron chi connectivity index (χ4n) is 2.82. The molecule has 0 saturated heterocycles. The van der Waals surface area contributed by atoms with Gasteiger partial charge in [-0.05, 0) is 23.5 Å². The maximum Gasteiger partial charge on any atom is 0.309 e. The maximum absolute atomic E-state index is 11.3. The summed E-state index contributed by atoms with van der Waals surface area (Å²) in [5.74, 6) is -0.626. The summed E-state index contributed by atoms with van der Waals surface area (Å²) in [6.45, 7) is 6.23. The van der Waals surface area contributed by atoms with Crippen molar-refractivity contribution in [3.63, 3.8) is 0 Å². The second kappa shape index (κ2) is 6.16. The van der Waals surface area contributed by atoms with Crippen LogP contribution in [0.1, 0.15) is 43.6 Å². The van der Waals surface area contributed by atoms with E-state index in [2.05, 4.69) is 41.6 Å². The highest BCUT2D eigenvalue weighted by atomic mass is 32.1. The minimum atomic E-state index is -0.827. The largest absolute Gasteiger partial charge is 0.481 e. The highest BCUT2D eigenvalue weighted by molar-refractivity contribution is 7.15. The second-order valence-electron chi connectivity index (χ2n) is 5.96. The van der Waals surface area contributed by atoms with E-state index >= 15 is 0 Å². The van der Waals surface area contributed by atoms with E-state index in [1.807, 2.05) is 18.2 Å². The Morgan fingerprint density at radius 1 is 1.30 bits per heavy atom. The van der Waals surface area contributed by atoms with Crippen LogP contribution in [-0.4, -0.2) is 20.5 Å². The van der Waals surface area contributed by atoms with Gasteiger partial charge in [-0.2, -0.15) is 0 Å². The van der Waals surface area contributed by atoms with Crippen LogP contribution in [0.25, 0.3) is 16.2 Å². The Balaban J connectivity index is 2.19. The third kappa shape index (κ3) is 2.88. The molecule has 23 heavy (non-hydrogen) atoms. The van der Waals surface area contributed by atoms with E-state index in [-0.39, 0.29) is 12.3 Å². The van der Waals surface area contributed by atoms with Crippen LogP contribution < -0.4 is 0 Å². The summed E-state index contributed by atoms with van der Waals surface area (Å²) < 4.78 is 2.01. The molecule has 5 heteroatoms. The summed E-state index contributed by atoms with van der Waals surface area (Å²) in [5.41, 5.74) is 5.07. The number of fused-ring (bicyclic) bond motifs is 1. The molecule has 1 N–H and O–H groups in total. The van der Waals surface area contributed by atoms with Crippen LogP contribution in [0.15, 0.2) is 29.6 Å². The maximum atomic E-state index is 11.3. The Kier molecular flexibility index (Phi) is 4.22.